The van der Waals surface area contributed by atoms with Crippen molar-refractivity contribution >= 4 is 20.4 Å². The number of hydrogen-bond acceptors (Lipinski definition) is 6. The van der Waals surface area contributed by atoms with E-state index in [4.69, 9.17) is 8.37 Å². The molecule has 2 aliphatic rings. The Bertz CT molecular complexity index is 439. The molecule has 2 aliphatic heterocycles. The average Bonchev–Trinajstić information content (AvgIpc) is 2.70. The van der Waals surface area contributed by atoms with Gasteiger partial charge in [-0.2, -0.15) is 8.42 Å². The lowest BCUT2D eigenvalue weighted by Gasteiger charge is -2.40. The van der Waals surface area contributed by atoms with Crippen LogP contribution in [0.1, 0.15) is 26.7 Å². The quantitative estimate of drug-likeness (QED) is 0.731. The molecular formula is C12H24O6S2. The van der Waals surface area contributed by atoms with Gasteiger partial charge in [-0.1, -0.05) is 6.92 Å². The SMILES string of the molecule is C[C@@H]1CCS2(COS(=O)(=O)O[C@H]1C)C[C@@H](O)C[C@H]2CO. The van der Waals surface area contributed by atoms with Crippen LogP contribution in [0, 0.1) is 5.92 Å². The molecule has 0 aromatic heterocycles. The molecule has 2 N–H and O–H groups in total. The lowest BCUT2D eigenvalue weighted by molar-refractivity contribution is 0.137. The maximum Gasteiger partial charge on any atom is 0.400 e. The van der Waals surface area contributed by atoms with E-state index in [1.807, 2.05) is 6.92 Å². The van der Waals surface area contributed by atoms with Crippen molar-refractivity contribution in [2.75, 3.05) is 24.1 Å². The van der Waals surface area contributed by atoms with Gasteiger partial charge in [-0.05, 0) is 31.4 Å². The Labute approximate surface area is 122 Å². The molecule has 0 aromatic carbocycles. The highest BCUT2D eigenvalue weighted by Gasteiger charge is 2.44. The molecule has 2 saturated heterocycles. The van der Waals surface area contributed by atoms with Crippen molar-refractivity contribution in [1.82, 2.24) is 0 Å². The van der Waals surface area contributed by atoms with Gasteiger partial charge in [0, 0.05) is 11.0 Å². The van der Waals surface area contributed by atoms with Crippen LogP contribution in [0.15, 0.2) is 0 Å². The summed E-state index contributed by atoms with van der Waals surface area (Å²) in [6.45, 7) is 3.66. The fourth-order valence-corrected chi connectivity index (χ4v) is 8.62. The Morgan fingerprint density at radius 1 is 1.30 bits per heavy atom. The molecule has 6 nitrogen and oxygen atoms in total. The van der Waals surface area contributed by atoms with E-state index in [1.165, 1.54) is 0 Å². The normalized spacial score (nSPS) is 49.0. The van der Waals surface area contributed by atoms with Gasteiger partial charge in [0.25, 0.3) is 0 Å². The molecule has 0 saturated carbocycles. The van der Waals surface area contributed by atoms with Gasteiger partial charge < -0.3 is 10.2 Å². The van der Waals surface area contributed by atoms with Gasteiger partial charge in [0.2, 0.25) is 0 Å². The second-order valence-corrected chi connectivity index (χ2v) is 11.0. The highest BCUT2D eigenvalue weighted by molar-refractivity contribution is 8.34. The highest BCUT2D eigenvalue weighted by atomic mass is 32.3. The zero-order chi connectivity index (χ0) is 15.0. The van der Waals surface area contributed by atoms with Crippen LogP contribution in [0.4, 0.5) is 0 Å². The number of aliphatic hydroxyl groups is 2. The molecule has 0 radical (unpaired) electrons. The maximum absolute atomic E-state index is 11.8. The fraction of sp³-hybridized carbons (Fsp3) is 1.00. The molecule has 2 rings (SSSR count). The molecule has 5 atom stereocenters. The summed E-state index contributed by atoms with van der Waals surface area (Å²) < 4.78 is 33.6. The molecule has 2 fully saturated rings. The van der Waals surface area contributed by atoms with E-state index >= 15 is 0 Å². The average molecular weight is 328 g/mol. The maximum atomic E-state index is 11.8. The van der Waals surface area contributed by atoms with Crippen molar-refractivity contribution in [2.24, 2.45) is 5.92 Å². The zero-order valence-electron chi connectivity index (χ0n) is 11.9. The summed E-state index contributed by atoms with van der Waals surface area (Å²) >= 11 is 0. The minimum Gasteiger partial charge on any atom is -0.395 e. The third-order valence-corrected chi connectivity index (χ3v) is 9.98. The fourth-order valence-electron chi connectivity index (χ4n) is 2.90. The molecule has 8 heteroatoms. The van der Waals surface area contributed by atoms with Crippen LogP contribution >= 0.6 is 10.0 Å². The first kappa shape index (κ1) is 16.5. The van der Waals surface area contributed by atoms with E-state index in [0.717, 1.165) is 12.2 Å². The predicted octanol–water partition coefficient (Wildman–Crippen LogP) is 0.580. The van der Waals surface area contributed by atoms with Gasteiger partial charge in [-0.15, -0.1) is 0 Å². The monoisotopic (exact) mass is 328 g/mol. The Hall–Kier alpha value is 0.140. The van der Waals surface area contributed by atoms with Crippen LogP contribution in [0.5, 0.6) is 0 Å². The molecule has 1 unspecified atom stereocenters. The van der Waals surface area contributed by atoms with E-state index in [0.29, 0.717) is 12.2 Å². The molecule has 0 aliphatic carbocycles. The van der Waals surface area contributed by atoms with Crippen LogP contribution in [0.2, 0.25) is 0 Å². The molecule has 0 aromatic rings. The van der Waals surface area contributed by atoms with Gasteiger partial charge >= 0.3 is 10.4 Å². The lowest BCUT2D eigenvalue weighted by Crippen LogP contribution is -2.26. The Balaban J connectivity index is 2.25. The van der Waals surface area contributed by atoms with Crippen LogP contribution in [0.3, 0.4) is 0 Å². The lowest BCUT2D eigenvalue weighted by atomic mass is 10.0. The summed E-state index contributed by atoms with van der Waals surface area (Å²) in [5, 5.41) is 19.4. The number of hydrogen-bond donors (Lipinski definition) is 2. The smallest absolute Gasteiger partial charge is 0.395 e. The zero-order valence-corrected chi connectivity index (χ0v) is 13.5. The first-order valence-corrected chi connectivity index (χ1v) is 10.4. The van der Waals surface area contributed by atoms with Crippen LogP contribution in [0.25, 0.3) is 0 Å². The Kier molecular flexibility index (Phi) is 5.03. The predicted molar refractivity (Wildman–Crippen MR) is 78.0 cm³/mol. The van der Waals surface area contributed by atoms with E-state index < -0.39 is 32.6 Å². The minimum absolute atomic E-state index is 0.0272. The molecule has 1 spiro atoms. The van der Waals surface area contributed by atoms with E-state index in [1.54, 1.807) is 6.92 Å². The third-order valence-electron chi connectivity index (χ3n) is 4.45. The molecular weight excluding hydrogens is 304 g/mol. The first-order chi connectivity index (χ1) is 9.28. The summed E-state index contributed by atoms with van der Waals surface area (Å²) in [7, 11) is -5.50. The first-order valence-electron chi connectivity index (χ1n) is 6.90. The second-order valence-electron chi connectivity index (χ2n) is 5.89. The van der Waals surface area contributed by atoms with Gasteiger partial charge in [0.05, 0.1) is 24.8 Å². The number of aliphatic hydroxyl groups excluding tert-OH is 2. The van der Waals surface area contributed by atoms with Crippen molar-refractivity contribution in [3.63, 3.8) is 0 Å². The summed E-state index contributed by atoms with van der Waals surface area (Å²) in [5.41, 5.74) is 0. The Morgan fingerprint density at radius 2 is 2.00 bits per heavy atom. The standard InChI is InChI=1S/C12H24O6S2/c1-9-3-4-19(7-11(14)5-12(19)6-13)8-17-20(15,16)18-10(9)2/h9-14H,3-8H2,1-2H3/t9-,10+,11+,12+/m1/s1. The van der Waals surface area contributed by atoms with Gasteiger partial charge in [0.1, 0.15) is 0 Å². The second kappa shape index (κ2) is 6.10. The van der Waals surface area contributed by atoms with E-state index in [9.17, 15) is 18.6 Å². The van der Waals surface area contributed by atoms with E-state index in [-0.39, 0.29) is 23.7 Å². The van der Waals surface area contributed by atoms with Gasteiger partial charge in [-0.3, -0.25) is 0 Å². The molecule has 0 bridgehead atoms. The summed E-state index contributed by atoms with van der Waals surface area (Å²) in [5.74, 6) is 1.50. The molecule has 2 heterocycles. The van der Waals surface area contributed by atoms with Crippen LogP contribution in [-0.2, 0) is 18.8 Å². The minimum atomic E-state index is -4.00. The molecule has 120 valence electrons. The number of rotatable bonds is 1. The summed E-state index contributed by atoms with van der Waals surface area (Å²) in [6, 6.07) is 0. The molecule has 0 amide bonds. The largest absolute Gasteiger partial charge is 0.400 e. The third kappa shape index (κ3) is 3.48. The highest BCUT2D eigenvalue weighted by Crippen LogP contribution is 2.60. The van der Waals surface area contributed by atoms with Gasteiger partial charge in [0.15, 0.2) is 0 Å². The summed E-state index contributed by atoms with van der Waals surface area (Å²) in [6.07, 6.45) is 0.454. The van der Waals surface area contributed by atoms with Crippen molar-refractivity contribution in [3.05, 3.63) is 0 Å². The topological polar surface area (TPSA) is 93.1 Å². The van der Waals surface area contributed by atoms with Crippen molar-refractivity contribution < 1.29 is 27.0 Å². The summed E-state index contributed by atoms with van der Waals surface area (Å²) in [4.78, 5) is 0. The Morgan fingerprint density at radius 3 is 2.65 bits per heavy atom. The van der Waals surface area contributed by atoms with Crippen LogP contribution in [-0.4, -0.2) is 60.1 Å². The van der Waals surface area contributed by atoms with Crippen LogP contribution < -0.4 is 0 Å². The van der Waals surface area contributed by atoms with Crippen molar-refractivity contribution in [3.8, 4) is 0 Å². The van der Waals surface area contributed by atoms with Gasteiger partial charge in [-0.25, -0.2) is 18.4 Å². The van der Waals surface area contributed by atoms with E-state index in [2.05, 4.69) is 0 Å². The van der Waals surface area contributed by atoms with Crippen molar-refractivity contribution in [2.45, 2.75) is 44.1 Å². The molecule has 20 heavy (non-hydrogen) atoms. The van der Waals surface area contributed by atoms with Crippen molar-refractivity contribution in [1.29, 1.82) is 0 Å².